The second-order valence-electron chi connectivity index (χ2n) is 7.61. The summed E-state index contributed by atoms with van der Waals surface area (Å²) in [6.07, 6.45) is -0.713. The van der Waals surface area contributed by atoms with Crippen molar-refractivity contribution in [2.75, 3.05) is 6.54 Å². The van der Waals surface area contributed by atoms with Crippen LogP contribution < -0.4 is 16.8 Å². The molecule has 9 heteroatoms. The Kier molecular flexibility index (Phi) is 8.18. The minimum absolute atomic E-state index is 0.00576. The van der Waals surface area contributed by atoms with Crippen molar-refractivity contribution in [2.45, 2.75) is 58.2 Å². The number of aliphatic imine (C=N–C) groups is 1. The third-order valence-corrected chi connectivity index (χ3v) is 5.82. The summed E-state index contributed by atoms with van der Waals surface area (Å²) in [4.78, 5) is 16.9. The van der Waals surface area contributed by atoms with E-state index in [1.165, 1.54) is 0 Å². The van der Waals surface area contributed by atoms with Gasteiger partial charge in [-0.1, -0.05) is 18.5 Å². The molecule has 166 valence electrons. The number of rotatable bonds is 6. The summed E-state index contributed by atoms with van der Waals surface area (Å²) in [6.45, 7) is 4.39. The molecule has 1 aromatic carbocycles. The lowest BCUT2D eigenvalue weighted by Crippen LogP contribution is -2.38. The first-order valence-corrected chi connectivity index (χ1v) is 10.3. The number of amides is 1. The summed E-state index contributed by atoms with van der Waals surface area (Å²) in [5, 5.41) is 2.80. The van der Waals surface area contributed by atoms with E-state index in [-0.39, 0.29) is 16.6 Å². The van der Waals surface area contributed by atoms with Crippen LogP contribution in [-0.4, -0.2) is 24.3 Å². The molecule has 2 rings (SSSR count). The topological polar surface area (TPSA) is 93.5 Å². The van der Waals surface area contributed by atoms with Gasteiger partial charge in [0, 0.05) is 23.9 Å². The van der Waals surface area contributed by atoms with Crippen LogP contribution in [0, 0.1) is 5.92 Å². The van der Waals surface area contributed by atoms with Gasteiger partial charge in [-0.25, -0.2) is 0 Å². The Morgan fingerprint density at radius 2 is 1.87 bits per heavy atom. The van der Waals surface area contributed by atoms with Gasteiger partial charge in [0.25, 0.3) is 5.91 Å². The number of allylic oxidation sites excluding steroid dienone is 1. The van der Waals surface area contributed by atoms with Gasteiger partial charge in [-0.2, -0.15) is 13.2 Å². The Hall–Kier alpha value is -2.22. The van der Waals surface area contributed by atoms with Crippen LogP contribution in [-0.2, 0) is 6.18 Å². The molecule has 1 aliphatic carbocycles. The van der Waals surface area contributed by atoms with Gasteiger partial charge >= 0.3 is 6.18 Å². The quantitative estimate of drug-likeness (QED) is 0.440. The van der Waals surface area contributed by atoms with Crippen LogP contribution in [0.3, 0.4) is 0 Å². The van der Waals surface area contributed by atoms with Gasteiger partial charge in [0.05, 0.1) is 16.1 Å². The molecule has 30 heavy (non-hydrogen) atoms. The number of halogens is 4. The van der Waals surface area contributed by atoms with Gasteiger partial charge < -0.3 is 16.8 Å². The minimum Gasteiger partial charge on any atom is -0.402 e. The molecule has 0 aromatic heterocycles. The predicted octanol–water partition coefficient (Wildman–Crippen LogP) is 4.65. The van der Waals surface area contributed by atoms with E-state index in [4.69, 9.17) is 23.1 Å². The number of amidine groups is 1. The smallest absolute Gasteiger partial charge is 0.402 e. The number of alkyl halides is 3. The molecule has 0 unspecified atom stereocenters. The van der Waals surface area contributed by atoms with Gasteiger partial charge in [0.2, 0.25) is 0 Å². The molecule has 0 aliphatic heterocycles. The van der Waals surface area contributed by atoms with Crippen LogP contribution in [0.5, 0.6) is 0 Å². The Bertz CT molecular complexity index is 828. The number of hydrogen-bond donors (Lipinski definition) is 3. The highest BCUT2D eigenvalue weighted by molar-refractivity contribution is 6.33. The molecule has 0 bridgehead atoms. The molecule has 0 atom stereocenters. The highest BCUT2D eigenvalue weighted by Crippen LogP contribution is 2.32. The number of hydrogen-bond acceptors (Lipinski definition) is 3. The molecular formula is C21H28ClF3N4O. The fourth-order valence-electron chi connectivity index (χ4n) is 3.40. The summed E-state index contributed by atoms with van der Waals surface area (Å²) in [5.74, 6) is 0.195. The summed E-state index contributed by atoms with van der Waals surface area (Å²) in [7, 11) is 0. The molecule has 1 aliphatic rings. The van der Waals surface area contributed by atoms with Gasteiger partial charge in [0.1, 0.15) is 5.84 Å². The van der Waals surface area contributed by atoms with E-state index in [0.717, 1.165) is 42.3 Å². The molecule has 1 aromatic rings. The number of carbonyl (C=O) groups is 1. The molecule has 0 saturated heterocycles. The van der Waals surface area contributed by atoms with Crippen LogP contribution in [0.15, 0.2) is 34.5 Å². The molecular weight excluding hydrogens is 417 g/mol. The van der Waals surface area contributed by atoms with Crippen molar-refractivity contribution in [2.24, 2.45) is 22.4 Å². The first-order chi connectivity index (χ1) is 14.0. The third kappa shape index (κ3) is 6.39. The van der Waals surface area contributed by atoms with E-state index in [1.807, 2.05) is 13.8 Å². The molecule has 1 saturated carbocycles. The molecule has 1 fully saturated rings. The predicted molar refractivity (Wildman–Crippen MR) is 113 cm³/mol. The first-order valence-electron chi connectivity index (χ1n) is 9.96. The normalized spacial score (nSPS) is 21.2. The average molecular weight is 445 g/mol. The minimum atomic E-state index is -4.53. The van der Waals surface area contributed by atoms with E-state index < -0.39 is 17.6 Å². The Morgan fingerprint density at radius 3 is 2.43 bits per heavy atom. The molecule has 0 spiro atoms. The van der Waals surface area contributed by atoms with E-state index >= 15 is 0 Å². The lowest BCUT2D eigenvalue weighted by atomic mass is 9.86. The van der Waals surface area contributed by atoms with E-state index in [0.29, 0.717) is 37.6 Å². The molecule has 5 nitrogen and oxygen atoms in total. The van der Waals surface area contributed by atoms with Crippen LogP contribution >= 0.6 is 11.6 Å². The van der Waals surface area contributed by atoms with Crippen molar-refractivity contribution < 1.29 is 18.0 Å². The molecule has 5 N–H and O–H groups in total. The van der Waals surface area contributed by atoms with Gasteiger partial charge in [-0.05, 0) is 63.1 Å². The Balaban J connectivity index is 1.92. The first kappa shape index (κ1) is 24.1. The third-order valence-electron chi connectivity index (χ3n) is 5.49. The number of nitrogens with two attached hydrogens (primary N) is 2. The number of nitrogens with one attached hydrogen (secondary N) is 1. The monoisotopic (exact) mass is 444 g/mol. The van der Waals surface area contributed by atoms with E-state index in [2.05, 4.69) is 10.3 Å². The zero-order valence-corrected chi connectivity index (χ0v) is 17.9. The van der Waals surface area contributed by atoms with Crippen LogP contribution in [0.2, 0.25) is 5.02 Å². The second-order valence-corrected chi connectivity index (χ2v) is 8.02. The van der Waals surface area contributed by atoms with Crippen LogP contribution in [0.25, 0.3) is 0 Å². The maximum Gasteiger partial charge on any atom is 0.416 e. The molecule has 1 amide bonds. The maximum absolute atomic E-state index is 12.9. The Labute approximate surface area is 179 Å². The summed E-state index contributed by atoms with van der Waals surface area (Å²) in [6, 6.07) is 2.64. The lowest BCUT2D eigenvalue weighted by Gasteiger charge is -2.28. The number of benzene rings is 1. The van der Waals surface area contributed by atoms with Crippen molar-refractivity contribution in [3.8, 4) is 0 Å². The highest BCUT2D eigenvalue weighted by Gasteiger charge is 2.32. The van der Waals surface area contributed by atoms with Crippen LogP contribution in [0.1, 0.15) is 61.9 Å². The van der Waals surface area contributed by atoms with Gasteiger partial charge in [-0.3, -0.25) is 9.79 Å². The van der Waals surface area contributed by atoms with Crippen molar-refractivity contribution in [1.82, 2.24) is 5.32 Å². The average Bonchev–Trinajstić information content (AvgIpc) is 2.71. The van der Waals surface area contributed by atoms with E-state index in [9.17, 15) is 18.0 Å². The number of carbonyl (C=O) groups excluding carboxylic acids is 1. The zero-order valence-electron chi connectivity index (χ0n) is 17.2. The van der Waals surface area contributed by atoms with Crippen molar-refractivity contribution in [3.05, 3.63) is 45.6 Å². The summed E-state index contributed by atoms with van der Waals surface area (Å²) < 4.78 is 38.7. The fourth-order valence-corrected chi connectivity index (χ4v) is 3.61. The standard InChI is InChI=1S/C21H28ClF3N4O/c1-3-18(26)12(2)19(27)28-11-13-4-7-15(8-5-13)29-20(30)16-10-14(21(23,24)25)6-9-17(16)22/h6,9-10,13,15H,3-5,7-8,11,26H2,1-2H3,(H2,27,28)(H,29,30)/b18-12-. The summed E-state index contributed by atoms with van der Waals surface area (Å²) in [5.41, 5.74) is 12.3. The fraction of sp³-hybridized carbons (Fsp3) is 0.524. The maximum atomic E-state index is 12.9. The van der Waals surface area contributed by atoms with Gasteiger partial charge in [-0.15, -0.1) is 0 Å². The number of nitrogens with zero attached hydrogens (tertiary/aromatic N) is 1. The van der Waals surface area contributed by atoms with Crippen LogP contribution in [0.4, 0.5) is 13.2 Å². The zero-order chi connectivity index (χ0) is 22.5. The Morgan fingerprint density at radius 1 is 1.23 bits per heavy atom. The second kappa shape index (κ2) is 10.2. The highest BCUT2D eigenvalue weighted by atomic mass is 35.5. The molecule has 0 heterocycles. The SMILES string of the molecule is CC/C(N)=C(\C)C(N)=NCC1CCC(NC(=O)c2cc(C(F)(F)F)ccc2Cl)CC1. The molecule has 0 radical (unpaired) electrons. The van der Waals surface area contributed by atoms with Crippen molar-refractivity contribution in [1.29, 1.82) is 0 Å². The van der Waals surface area contributed by atoms with Crippen molar-refractivity contribution >= 4 is 23.3 Å². The van der Waals surface area contributed by atoms with Crippen molar-refractivity contribution in [3.63, 3.8) is 0 Å². The largest absolute Gasteiger partial charge is 0.416 e. The summed E-state index contributed by atoms with van der Waals surface area (Å²) >= 11 is 5.94. The lowest BCUT2D eigenvalue weighted by molar-refractivity contribution is -0.137. The van der Waals surface area contributed by atoms with E-state index in [1.54, 1.807) is 0 Å². The van der Waals surface area contributed by atoms with Gasteiger partial charge in [0.15, 0.2) is 0 Å².